The van der Waals surface area contributed by atoms with E-state index >= 15 is 0 Å². The highest BCUT2D eigenvalue weighted by Crippen LogP contribution is 2.18. The first-order chi connectivity index (χ1) is 17.3. The van der Waals surface area contributed by atoms with Gasteiger partial charge >= 0.3 is 6.09 Å². The molecule has 0 aliphatic rings. The lowest BCUT2D eigenvalue weighted by atomic mass is 10.1. The van der Waals surface area contributed by atoms with Crippen LogP contribution in [0, 0.1) is 0 Å². The zero-order chi connectivity index (χ0) is 25.9. The van der Waals surface area contributed by atoms with Gasteiger partial charge < -0.3 is 29.3 Å². The molecule has 0 bridgehead atoms. The Bertz CT molecular complexity index is 1080. The van der Waals surface area contributed by atoms with Crippen LogP contribution in [0.2, 0.25) is 0 Å². The summed E-state index contributed by atoms with van der Waals surface area (Å²) in [5, 5.41) is 2.86. The first kappa shape index (κ1) is 26.9. The predicted octanol–water partition coefficient (Wildman–Crippen LogP) is 4.74. The molecule has 0 saturated carbocycles. The number of carbonyl (C=O) groups excluding carboxylic acids is 1. The molecular weight excluding hydrogens is 454 g/mol. The Morgan fingerprint density at radius 1 is 0.861 bits per heavy atom. The first-order valence-electron chi connectivity index (χ1n) is 12.0. The second kappa shape index (κ2) is 13.4. The fourth-order valence-corrected chi connectivity index (χ4v) is 3.73. The average Bonchev–Trinajstić information content (AvgIpc) is 2.86. The highest BCUT2D eigenvalue weighted by atomic mass is 16.6. The van der Waals surface area contributed by atoms with Crippen LogP contribution in [-0.2, 0) is 24.2 Å². The predicted molar refractivity (Wildman–Crippen MR) is 144 cm³/mol. The molecule has 0 radical (unpaired) electrons. The topological polar surface area (TPSA) is 63.3 Å². The van der Waals surface area contributed by atoms with E-state index in [1.807, 2.05) is 99.8 Å². The summed E-state index contributed by atoms with van der Waals surface area (Å²) in [6, 6.07) is 23.7. The van der Waals surface area contributed by atoms with Gasteiger partial charge in [-0.1, -0.05) is 36.4 Å². The first-order valence-corrected chi connectivity index (χ1v) is 12.0. The Kier molecular flexibility index (Phi) is 10.0. The van der Waals surface area contributed by atoms with E-state index in [1.165, 1.54) is 0 Å². The number of hydrogen-bond donors (Lipinski definition) is 1. The summed E-state index contributed by atoms with van der Waals surface area (Å²) in [7, 11) is 9.68. The summed E-state index contributed by atoms with van der Waals surface area (Å²) in [5.41, 5.74) is 4.28. The van der Waals surface area contributed by atoms with Crippen molar-refractivity contribution in [3.05, 3.63) is 89.5 Å². The number of rotatable bonds is 12. The molecule has 0 aliphatic carbocycles. The highest BCUT2D eigenvalue weighted by Gasteiger charge is 2.17. The molecule has 1 N–H and O–H groups in total. The molecule has 0 fully saturated rings. The number of nitrogens with zero attached hydrogens (tertiary/aromatic N) is 2. The van der Waals surface area contributed by atoms with Gasteiger partial charge in [0.1, 0.15) is 24.2 Å². The standard InChI is InChI=1S/C29H37N3O4/c1-31(2)20-24-7-6-8-27(18-24)35-21-28(17-22-11-15-26(34-5)16-12-22)36-29(33)30-19-23-9-13-25(14-10-23)32(3)4/h6-16,18,28H,17,19-21H2,1-5H3,(H,30,33). The molecule has 1 atom stereocenters. The fourth-order valence-electron chi connectivity index (χ4n) is 3.73. The molecule has 0 heterocycles. The van der Waals surface area contributed by atoms with E-state index in [0.29, 0.717) is 13.0 Å². The monoisotopic (exact) mass is 491 g/mol. The summed E-state index contributed by atoms with van der Waals surface area (Å²) in [6.45, 7) is 1.44. The van der Waals surface area contributed by atoms with Gasteiger partial charge in [-0.05, 0) is 67.2 Å². The SMILES string of the molecule is COc1ccc(CC(COc2cccc(CN(C)C)c2)OC(=O)NCc2ccc(N(C)C)cc2)cc1. The molecule has 7 heteroatoms. The number of nitrogens with one attached hydrogen (secondary N) is 1. The maximum Gasteiger partial charge on any atom is 0.407 e. The van der Waals surface area contributed by atoms with Crippen LogP contribution < -0.4 is 19.7 Å². The Morgan fingerprint density at radius 3 is 2.19 bits per heavy atom. The van der Waals surface area contributed by atoms with Crippen LogP contribution in [0.3, 0.4) is 0 Å². The Hall–Kier alpha value is -3.71. The van der Waals surface area contributed by atoms with E-state index in [4.69, 9.17) is 14.2 Å². The van der Waals surface area contributed by atoms with Crippen LogP contribution in [-0.4, -0.2) is 59.0 Å². The summed E-state index contributed by atoms with van der Waals surface area (Å²) >= 11 is 0. The van der Waals surface area contributed by atoms with Crippen LogP contribution in [0.15, 0.2) is 72.8 Å². The highest BCUT2D eigenvalue weighted by molar-refractivity contribution is 5.67. The largest absolute Gasteiger partial charge is 0.497 e. The minimum Gasteiger partial charge on any atom is -0.497 e. The summed E-state index contributed by atoms with van der Waals surface area (Å²) in [4.78, 5) is 16.8. The van der Waals surface area contributed by atoms with Crippen LogP contribution in [0.4, 0.5) is 10.5 Å². The van der Waals surface area contributed by atoms with Gasteiger partial charge in [-0.15, -0.1) is 0 Å². The Labute approximate surface area is 214 Å². The van der Waals surface area contributed by atoms with Gasteiger partial charge in [0.25, 0.3) is 0 Å². The van der Waals surface area contributed by atoms with Gasteiger partial charge in [-0.25, -0.2) is 4.79 Å². The van der Waals surface area contributed by atoms with Crippen molar-refractivity contribution >= 4 is 11.8 Å². The maximum atomic E-state index is 12.7. The minimum atomic E-state index is -0.477. The summed E-state index contributed by atoms with van der Waals surface area (Å²) in [5.74, 6) is 1.53. The van der Waals surface area contributed by atoms with E-state index in [9.17, 15) is 4.79 Å². The molecule has 3 aromatic rings. The molecule has 1 unspecified atom stereocenters. The third-order valence-electron chi connectivity index (χ3n) is 5.62. The van der Waals surface area contributed by atoms with Crippen molar-refractivity contribution in [2.24, 2.45) is 0 Å². The number of alkyl carbamates (subject to hydrolysis) is 1. The van der Waals surface area contributed by atoms with E-state index in [2.05, 4.69) is 16.3 Å². The smallest absolute Gasteiger partial charge is 0.407 e. The molecule has 36 heavy (non-hydrogen) atoms. The van der Waals surface area contributed by atoms with Gasteiger partial charge in [0.05, 0.1) is 7.11 Å². The van der Waals surface area contributed by atoms with Gasteiger partial charge in [-0.3, -0.25) is 0 Å². The van der Waals surface area contributed by atoms with Crippen molar-refractivity contribution in [1.82, 2.24) is 10.2 Å². The minimum absolute atomic E-state index is 0.238. The molecule has 0 aliphatic heterocycles. The molecule has 1 amide bonds. The summed E-state index contributed by atoms with van der Waals surface area (Å²) in [6.07, 6.45) is -0.422. The zero-order valence-electron chi connectivity index (χ0n) is 21.9. The van der Waals surface area contributed by atoms with Gasteiger partial charge in [0.15, 0.2) is 0 Å². The zero-order valence-corrected chi connectivity index (χ0v) is 21.9. The van der Waals surface area contributed by atoms with E-state index in [1.54, 1.807) is 7.11 Å². The second-order valence-corrected chi connectivity index (χ2v) is 9.19. The number of anilines is 1. The number of methoxy groups -OCH3 is 1. The molecule has 0 saturated heterocycles. The number of benzene rings is 3. The molecule has 192 valence electrons. The van der Waals surface area contributed by atoms with E-state index in [0.717, 1.165) is 40.4 Å². The van der Waals surface area contributed by atoms with Gasteiger partial charge in [0.2, 0.25) is 0 Å². The molecule has 0 aromatic heterocycles. The lowest BCUT2D eigenvalue weighted by Crippen LogP contribution is -2.33. The third-order valence-corrected chi connectivity index (χ3v) is 5.62. The molecule has 3 rings (SSSR count). The van der Waals surface area contributed by atoms with Crippen molar-refractivity contribution < 1.29 is 19.0 Å². The Balaban J connectivity index is 1.62. The average molecular weight is 492 g/mol. The molecule has 0 spiro atoms. The van der Waals surface area contributed by atoms with Crippen LogP contribution >= 0.6 is 0 Å². The van der Waals surface area contributed by atoms with Crippen LogP contribution in [0.1, 0.15) is 16.7 Å². The number of carbonyl (C=O) groups is 1. The van der Waals surface area contributed by atoms with Crippen LogP contribution in [0.5, 0.6) is 11.5 Å². The lowest BCUT2D eigenvalue weighted by molar-refractivity contribution is 0.0649. The van der Waals surface area contributed by atoms with Gasteiger partial charge in [-0.2, -0.15) is 0 Å². The van der Waals surface area contributed by atoms with Crippen molar-refractivity contribution in [2.75, 3.05) is 46.8 Å². The third kappa shape index (κ3) is 8.82. The number of ether oxygens (including phenoxy) is 3. The van der Waals surface area contributed by atoms with Crippen molar-refractivity contribution in [2.45, 2.75) is 25.6 Å². The van der Waals surface area contributed by atoms with E-state index < -0.39 is 12.2 Å². The summed E-state index contributed by atoms with van der Waals surface area (Å²) < 4.78 is 17.1. The maximum absolute atomic E-state index is 12.7. The van der Waals surface area contributed by atoms with Crippen LogP contribution in [0.25, 0.3) is 0 Å². The number of amides is 1. The number of hydrogen-bond acceptors (Lipinski definition) is 6. The molecule has 7 nitrogen and oxygen atoms in total. The van der Waals surface area contributed by atoms with Crippen molar-refractivity contribution in [3.63, 3.8) is 0 Å². The quantitative estimate of drug-likeness (QED) is 0.395. The Morgan fingerprint density at radius 2 is 1.56 bits per heavy atom. The van der Waals surface area contributed by atoms with E-state index in [-0.39, 0.29) is 6.61 Å². The second-order valence-electron chi connectivity index (χ2n) is 9.19. The normalized spacial score (nSPS) is 11.6. The van der Waals surface area contributed by atoms with Crippen molar-refractivity contribution in [3.8, 4) is 11.5 Å². The van der Waals surface area contributed by atoms with Gasteiger partial charge in [0, 0.05) is 39.3 Å². The molecular formula is C29H37N3O4. The fraction of sp³-hybridized carbons (Fsp3) is 0.345. The van der Waals surface area contributed by atoms with Crippen molar-refractivity contribution in [1.29, 1.82) is 0 Å². The molecule has 3 aromatic carbocycles. The lowest BCUT2D eigenvalue weighted by Gasteiger charge is -2.20.